The Balaban J connectivity index is 1.94. The number of carboxylic acid groups (broad SMARTS) is 1. The summed E-state index contributed by atoms with van der Waals surface area (Å²) >= 11 is 0. The predicted molar refractivity (Wildman–Crippen MR) is 72.7 cm³/mol. The van der Waals surface area contributed by atoms with E-state index in [2.05, 4.69) is 6.92 Å². The average molecular weight is 266 g/mol. The molecule has 0 aromatic carbocycles. The molecule has 0 aromatic heterocycles. The van der Waals surface area contributed by atoms with Crippen molar-refractivity contribution in [2.75, 3.05) is 0 Å². The molecule has 4 saturated carbocycles. The van der Waals surface area contributed by atoms with E-state index in [1.807, 2.05) is 0 Å². The van der Waals surface area contributed by atoms with Gasteiger partial charge in [-0.3, -0.25) is 4.79 Å². The first-order valence-electron chi connectivity index (χ1n) is 7.74. The second kappa shape index (κ2) is 3.97. The van der Waals surface area contributed by atoms with Gasteiger partial charge in [-0.1, -0.05) is 13.3 Å². The Bertz CT molecular complexity index is 385. The molecule has 0 spiro atoms. The van der Waals surface area contributed by atoms with E-state index in [1.165, 1.54) is 25.7 Å². The minimum Gasteiger partial charge on any atom is -0.481 e. The zero-order valence-electron chi connectivity index (χ0n) is 12.1. The van der Waals surface area contributed by atoms with Crippen molar-refractivity contribution in [3.63, 3.8) is 0 Å². The smallest absolute Gasteiger partial charge is 0.306 e. The van der Waals surface area contributed by atoms with Gasteiger partial charge in [-0.05, 0) is 62.7 Å². The quantitative estimate of drug-likeness (QED) is 0.821. The molecule has 19 heavy (non-hydrogen) atoms. The normalized spacial score (nSPS) is 47.1. The predicted octanol–water partition coefficient (Wildman–Crippen LogP) is 3.21. The first-order chi connectivity index (χ1) is 8.80. The molecular weight excluding hydrogens is 240 g/mol. The highest BCUT2D eigenvalue weighted by Crippen LogP contribution is 2.69. The fourth-order valence-corrected chi connectivity index (χ4v) is 5.98. The second-order valence-corrected chi connectivity index (χ2v) is 7.94. The van der Waals surface area contributed by atoms with E-state index in [0.717, 1.165) is 31.1 Å². The maximum absolute atomic E-state index is 11.1. The largest absolute Gasteiger partial charge is 0.481 e. The molecule has 4 aliphatic rings. The summed E-state index contributed by atoms with van der Waals surface area (Å²) in [6.07, 6.45) is 8.15. The highest BCUT2D eigenvalue weighted by atomic mass is 16.4. The first kappa shape index (κ1) is 13.4. The summed E-state index contributed by atoms with van der Waals surface area (Å²) in [4.78, 5) is 11.1. The summed E-state index contributed by atoms with van der Waals surface area (Å²) in [5.41, 5.74) is -0.783. The minimum absolute atomic E-state index is 0.105. The van der Waals surface area contributed by atoms with Crippen molar-refractivity contribution in [3.05, 3.63) is 0 Å². The van der Waals surface area contributed by atoms with Crippen molar-refractivity contribution in [2.24, 2.45) is 22.7 Å². The summed E-state index contributed by atoms with van der Waals surface area (Å²) in [7, 11) is 0. The van der Waals surface area contributed by atoms with Gasteiger partial charge in [-0.25, -0.2) is 0 Å². The Kier molecular flexibility index (Phi) is 2.80. The lowest BCUT2D eigenvalue weighted by Gasteiger charge is -2.65. The molecule has 0 amide bonds. The molecule has 108 valence electrons. The summed E-state index contributed by atoms with van der Waals surface area (Å²) in [6, 6.07) is 0. The molecule has 4 aliphatic carbocycles. The third kappa shape index (κ3) is 1.93. The lowest BCUT2D eigenvalue weighted by molar-refractivity contribution is -0.205. The molecule has 0 heterocycles. The van der Waals surface area contributed by atoms with Crippen LogP contribution in [0.1, 0.15) is 65.2 Å². The van der Waals surface area contributed by atoms with Crippen molar-refractivity contribution < 1.29 is 15.0 Å². The lowest BCUT2D eigenvalue weighted by Crippen LogP contribution is -2.60. The van der Waals surface area contributed by atoms with Crippen molar-refractivity contribution >= 4 is 5.97 Å². The molecule has 2 N–H and O–H groups in total. The first-order valence-corrected chi connectivity index (χ1v) is 7.74. The van der Waals surface area contributed by atoms with E-state index < -0.39 is 11.6 Å². The van der Waals surface area contributed by atoms with Gasteiger partial charge in [0.2, 0.25) is 0 Å². The van der Waals surface area contributed by atoms with Crippen LogP contribution in [-0.4, -0.2) is 21.8 Å². The van der Waals surface area contributed by atoms with Gasteiger partial charge in [-0.15, -0.1) is 0 Å². The third-order valence-corrected chi connectivity index (χ3v) is 6.57. The monoisotopic (exact) mass is 266 g/mol. The summed E-state index contributed by atoms with van der Waals surface area (Å²) in [5.74, 6) is 0.578. The number of hydrogen-bond donors (Lipinski definition) is 2. The van der Waals surface area contributed by atoms with Crippen LogP contribution in [-0.2, 0) is 4.79 Å². The summed E-state index contributed by atoms with van der Waals surface area (Å²) < 4.78 is 0. The van der Waals surface area contributed by atoms with Gasteiger partial charge in [0.05, 0.1) is 12.0 Å². The van der Waals surface area contributed by atoms with Gasteiger partial charge in [0, 0.05) is 5.41 Å². The molecule has 4 bridgehead atoms. The molecule has 0 radical (unpaired) electrons. The van der Waals surface area contributed by atoms with Crippen LogP contribution in [0.3, 0.4) is 0 Å². The Hall–Kier alpha value is -0.570. The Morgan fingerprint density at radius 2 is 1.84 bits per heavy atom. The van der Waals surface area contributed by atoms with E-state index >= 15 is 0 Å². The second-order valence-electron chi connectivity index (χ2n) is 7.94. The van der Waals surface area contributed by atoms with E-state index in [4.69, 9.17) is 5.11 Å². The van der Waals surface area contributed by atoms with Crippen LogP contribution >= 0.6 is 0 Å². The average Bonchev–Trinajstić information content (AvgIpc) is 2.25. The topological polar surface area (TPSA) is 57.5 Å². The van der Waals surface area contributed by atoms with Gasteiger partial charge in [0.25, 0.3) is 0 Å². The van der Waals surface area contributed by atoms with Gasteiger partial charge in [0.1, 0.15) is 0 Å². The highest BCUT2D eigenvalue weighted by molar-refractivity contribution is 5.68. The summed E-state index contributed by atoms with van der Waals surface area (Å²) in [5, 5.41) is 20.0. The van der Waals surface area contributed by atoms with E-state index in [-0.39, 0.29) is 11.8 Å². The van der Waals surface area contributed by atoms with Gasteiger partial charge in [0.15, 0.2) is 0 Å². The number of aliphatic hydroxyl groups is 1. The molecule has 3 atom stereocenters. The molecule has 0 aliphatic heterocycles. The fraction of sp³-hybridized carbons (Fsp3) is 0.938. The molecule has 3 nitrogen and oxygen atoms in total. The number of carbonyl (C=O) groups is 1. The maximum atomic E-state index is 11.1. The van der Waals surface area contributed by atoms with Crippen LogP contribution in [0.5, 0.6) is 0 Å². The number of carboxylic acids is 1. The van der Waals surface area contributed by atoms with Gasteiger partial charge < -0.3 is 10.2 Å². The molecule has 4 fully saturated rings. The molecule has 4 rings (SSSR count). The van der Waals surface area contributed by atoms with E-state index in [1.54, 1.807) is 6.92 Å². The lowest BCUT2D eigenvalue weighted by atomic mass is 9.40. The van der Waals surface area contributed by atoms with Crippen LogP contribution < -0.4 is 0 Å². The van der Waals surface area contributed by atoms with Crippen LogP contribution in [0.15, 0.2) is 0 Å². The van der Waals surface area contributed by atoms with Crippen molar-refractivity contribution in [2.45, 2.75) is 70.8 Å². The standard InChI is InChI=1S/C16H26O3/c1-3-15-5-11-4-12(6-15)8-16(7-11,10-15)14(2,19)9-13(17)18/h11-12,19H,3-10H2,1-2H3,(H,17,18). The van der Waals surface area contributed by atoms with E-state index in [9.17, 15) is 9.90 Å². The Labute approximate surface area is 115 Å². The molecule has 0 aromatic rings. The number of aliphatic carboxylic acids is 1. The van der Waals surface area contributed by atoms with Gasteiger partial charge in [-0.2, -0.15) is 0 Å². The van der Waals surface area contributed by atoms with Crippen LogP contribution in [0.4, 0.5) is 0 Å². The minimum atomic E-state index is -1.04. The number of hydrogen-bond acceptors (Lipinski definition) is 2. The highest BCUT2D eigenvalue weighted by Gasteiger charge is 2.62. The zero-order valence-corrected chi connectivity index (χ0v) is 12.1. The molecular formula is C16H26O3. The van der Waals surface area contributed by atoms with Crippen molar-refractivity contribution in [1.82, 2.24) is 0 Å². The van der Waals surface area contributed by atoms with Crippen molar-refractivity contribution in [1.29, 1.82) is 0 Å². The Morgan fingerprint density at radius 3 is 2.32 bits per heavy atom. The van der Waals surface area contributed by atoms with Crippen molar-refractivity contribution in [3.8, 4) is 0 Å². The fourth-order valence-electron chi connectivity index (χ4n) is 5.98. The van der Waals surface area contributed by atoms with E-state index in [0.29, 0.717) is 5.41 Å². The van der Waals surface area contributed by atoms with Crippen LogP contribution in [0.25, 0.3) is 0 Å². The SMILES string of the molecule is CCC12CC3CC(C1)CC(C(C)(O)CC(=O)O)(C3)C2. The summed E-state index contributed by atoms with van der Waals surface area (Å²) in [6.45, 7) is 4.05. The number of rotatable bonds is 4. The molecule has 3 unspecified atom stereocenters. The Morgan fingerprint density at radius 1 is 1.26 bits per heavy atom. The van der Waals surface area contributed by atoms with Crippen LogP contribution in [0, 0.1) is 22.7 Å². The molecule has 0 saturated heterocycles. The van der Waals surface area contributed by atoms with Crippen LogP contribution in [0.2, 0.25) is 0 Å². The van der Waals surface area contributed by atoms with Gasteiger partial charge >= 0.3 is 5.97 Å². The third-order valence-electron chi connectivity index (χ3n) is 6.57. The molecule has 3 heteroatoms. The maximum Gasteiger partial charge on any atom is 0.306 e. The zero-order chi connectivity index (χ0) is 13.9.